The predicted molar refractivity (Wildman–Crippen MR) is 51.1 cm³/mol. The Bertz CT molecular complexity index is 176. The maximum Gasteiger partial charge on any atom is 0.0621 e. The molecule has 1 N–H and O–H groups in total. The van der Waals surface area contributed by atoms with Crippen LogP contribution in [-0.4, -0.2) is 35.7 Å². The minimum atomic E-state index is 0.290. The van der Waals surface area contributed by atoms with Gasteiger partial charge < -0.3 is 5.11 Å². The van der Waals surface area contributed by atoms with E-state index in [2.05, 4.69) is 11.0 Å². The lowest BCUT2D eigenvalue weighted by molar-refractivity contribution is 0.157. The van der Waals surface area contributed by atoms with Gasteiger partial charge in [-0.1, -0.05) is 0 Å². The molecule has 0 aromatic carbocycles. The molecule has 1 heterocycles. The van der Waals surface area contributed by atoms with Crippen LogP contribution >= 0.6 is 0 Å². The maximum atomic E-state index is 9.05. The molecular formula is C10H18N2O. The molecule has 0 aromatic rings. The van der Waals surface area contributed by atoms with Crippen LogP contribution in [0.2, 0.25) is 0 Å². The van der Waals surface area contributed by atoms with Gasteiger partial charge in [-0.2, -0.15) is 5.26 Å². The lowest BCUT2D eigenvalue weighted by Crippen LogP contribution is -2.32. The van der Waals surface area contributed by atoms with Gasteiger partial charge in [0, 0.05) is 12.5 Å². The summed E-state index contributed by atoms with van der Waals surface area (Å²) in [6, 6.07) is 2.54. The number of aliphatic hydroxyl groups is 1. The number of hydrogen-bond acceptors (Lipinski definition) is 3. The van der Waals surface area contributed by atoms with Crippen molar-refractivity contribution in [1.29, 1.82) is 5.26 Å². The third kappa shape index (κ3) is 3.33. The SMILES string of the molecule is N#CCCCCN1CCC[C@H]1CO. The first-order valence-electron chi connectivity index (χ1n) is 5.10. The normalized spacial score (nSPS) is 23.2. The van der Waals surface area contributed by atoms with Gasteiger partial charge in [0.05, 0.1) is 12.7 Å². The number of aliphatic hydroxyl groups excluding tert-OH is 1. The van der Waals surface area contributed by atoms with E-state index in [0.717, 1.165) is 32.4 Å². The number of nitriles is 1. The molecule has 13 heavy (non-hydrogen) atoms. The van der Waals surface area contributed by atoms with E-state index in [1.165, 1.54) is 6.42 Å². The molecule has 0 radical (unpaired) electrons. The van der Waals surface area contributed by atoms with Crippen LogP contribution in [0.5, 0.6) is 0 Å². The Morgan fingerprint density at radius 2 is 2.31 bits per heavy atom. The van der Waals surface area contributed by atoms with Gasteiger partial charge in [-0.15, -0.1) is 0 Å². The van der Waals surface area contributed by atoms with Crippen LogP contribution in [0, 0.1) is 11.3 Å². The van der Waals surface area contributed by atoms with Crippen molar-refractivity contribution in [3.63, 3.8) is 0 Å². The number of likely N-dealkylation sites (tertiary alicyclic amines) is 1. The van der Waals surface area contributed by atoms with Gasteiger partial charge in [0.1, 0.15) is 0 Å². The first-order valence-corrected chi connectivity index (χ1v) is 5.10. The molecular weight excluding hydrogens is 164 g/mol. The van der Waals surface area contributed by atoms with E-state index in [4.69, 9.17) is 10.4 Å². The summed E-state index contributed by atoms with van der Waals surface area (Å²) in [5.74, 6) is 0. The topological polar surface area (TPSA) is 47.3 Å². The van der Waals surface area contributed by atoms with Crippen LogP contribution < -0.4 is 0 Å². The van der Waals surface area contributed by atoms with Crippen molar-refractivity contribution in [2.75, 3.05) is 19.7 Å². The van der Waals surface area contributed by atoms with E-state index < -0.39 is 0 Å². The molecule has 3 heteroatoms. The Morgan fingerprint density at radius 3 is 3.00 bits per heavy atom. The van der Waals surface area contributed by atoms with Crippen molar-refractivity contribution >= 4 is 0 Å². The quantitative estimate of drug-likeness (QED) is 0.648. The zero-order valence-electron chi connectivity index (χ0n) is 8.08. The fourth-order valence-electron chi connectivity index (χ4n) is 1.92. The fraction of sp³-hybridized carbons (Fsp3) is 0.900. The molecule has 74 valence electrons. The van der Waals surface area contributed by atoms with Crippen LogP contribution in [0.1, 0.15) is 32.1 Å². The van der Waals surface area contributed by atoms with Crippen LogP contribution in [0.25, 0.3) is 0 Å². The molecule has 1 aliphatic heterocycles. The summed E-state index contributed by atoms with van der Waals surface area (Å²) in [6.07, 6.45) is 5.09. The molecule has 1 fully saturated rings. The summed E-state index contributed by atoms with van der Waals surface area (Å²) in [5.41, 5.74) is 0. The average Bonchev–Trinajstić information content (AvgIpc) is 2.60. The number of hydrogen-bond donors (Lipinski definition) is 1. The van der Waals surface area contributed by atoms with Crippen molar-refractivity contribution in [3.8, 4) is 6.07 Å². The molecule has 3 nitrogen and oxygen atoms in total. The van der Waals surface area contributed by atoms with Crippen molar-refractivity contribution in [3.05, 3.63) is 0 Å². The zero-order chi connectivity index (χ0) is 9.52. The van der Waals surface area contributed by atoms with Crippen LogP contribution in [0.3, 0.4) is 0 Å². The summed E-state index contributed by atoms with van der Waals surface area (Å²) in [4.78, 5) is 2.34. The van der Waals surface area contributed by atoms with E-state index in [1.54, 1.807) is 0 Å². The minimum absolute atomic E-state index is 0.290. The first kappa shape index (κ1) is 10.5. The van der Waals surface area contributed by atoms with Crippen molar-refractivity contribution < 1.29 is 5.11 Å². The molecule has 0 bridgehead atoms. The van der Waals surface area contributed by atoms with Crippen molar-refractivity contribution in [2.24, 2.45) is 0 Å². The van der Waals surface area contributed by atoms with Crippen LogP contribution in [-0.2, 0) is 0 Å². The van der Waals surface area contributed by atoms with Crippen molar-refractivity contribution in [2.45, 2.75) is 38.1 Å². The highest BCUT2D eigenvalue weighted by Crippen LogP contribution is 2.17. The second-order valence-corrected chi connectivity index (χ2v) is 3.63. The molecule has 1 rings (SSSR count). The van der Waals surface area contributed by atoms with Gasteiger partial charge in [0.2, 0.25) is 0 Å². The monoisotopic (exact) mass is 182 g/mol. The van der Waals surface area contributed by atoms with Crippen molar-refractivity contribution in [1.82, 2.24) is 4.90 Å². The lowest BCUT2D eigenvalue weighted by atomic mass is 10.2. The maximum absolute atomic E-state index is 9.05. The number of rotatable bonds is 5. The predicted octanol–water partition coefficient (Wildman–Crippen LogP) is 1.14. The van der Waals surface area contributed by atoms with E-state index >= 15 is 0 Å². The zero-order valence-corrected chi connectivity index (χ0v) is 8.08. The number of unbranched alkanes of at least 4 members (excludes halogenated alkanes) is 2. The third-order valence-corrected chi connectivity index (χ3v) is 2.69. The summed E-state index contributed by atoms with van der Waals surface area (Å²) in [6.45, 7) is 2.46. The highest BCUT2D eigenvalue weighted by atomic mass is 16.3. The molecule has 1 saturated heterocycles. The van der Waals surface area contributed by atoms with Crippen LogP contribution in [0.4, 0.5) is 0 Å². The first-order chi connectivity index (χ1) is 6.38. The van der Waals surface area contributed by atoms with Gasteiger partial charge in [0.15, 0.2) is 0 Å². The largest absolute Gasteiger partial charge is 0.395 e. The summed E-state index contributed by atoms with van der Waals surface area (Å²) in [5, 5.41) is 17.4. The Labute approximate surface area is 80.0 Å². The smallest absolute Gasteiger partial charge is 0.0621 e. The molecule has 1 aliphatic rings. The summed E-state index contributed by atoms with van der Waals surface area (Å²) < 4.78 is 0. The van der Waals surface area contributed by atoms with E-state index in [1.807, 2.05) is 0 Å². The number of nitrogens with zero attached hydrogens (tertiary/aromatic N) is 2. The molecule has 0 amide bonds. The highest BCUT2D eigenvalue weighted by molar-refractivity contribution is 4.78. The molecule has 0 aliphatic carbocycles. The van der Waals surface area contributed by atoms with E-state index in [0.29, 0.717) is 12.5 Å². The van der Waals surface area contributed by atoms with Gasteiger partial charge >= 0.3 is 0 Å². The lowest BCUT2D eigenvalue weighted by Gasteiger charge is -2.22. The van der Waals surface area contributed by atoms with Gasteiger partial charge in [-0.25, -0.2) is 0 Å². The summed E-state index contributed by atoms with van der Waals surface area (Å²) in [7, 11) is 0. The second kappa shape index (κ2) is 5.95. The molecule has 0 spiro atoms. The molecule has 1 atom stereocenters. The highest BCUT2D eigenvalue weighted by Gasteiger charge is 2.22. The average molecular weight is 182 g/mol. The fourth-order valence-corrected chi connectivity index (χ4v) is 1.92. The third-order valence-electron chi connectivity index (χ3n) is 2.69. The van der Waals surface area contributed by atoms with Gasteiger partial charge in [-0.05, 0) is 38.8 Å². The minimum Gasteiger partial charge on any atom is -0.395 e. The molecule has 0 unspecified atom stereocenters. The standard InChI is InChI=1S/C10H18N2O/c11-6-2-1-3-7-12-8-4-5-10(12)9-13/h10,13H,1-5,7-9H2/t10-/m0/s1. The second-order valence-electron chi connectivity index (χ2n) is 3.63. The van der Waals surface area contributed by atoms with E-state index in [-0.39, 0.29) is 6.61 Å². The Hall–Kier alpha value is -0.590. The summed E-state index contributed by atoms with van der Waals surface area (Å²) >= 11 is 0. The van der Waals surface area contributed by atoms with E-state index in [9.17, 15) is 0 Å². The van der Waals surface area contributed by atoms with Gasteiger partial charge in [0.25, 0.3) is 0 Å². The Morgan fingerprint density at radius 1 is 1.46 bits per heavy atom. The van der Waals surface area contributed by atoms with Gasteiger partial charge in [-0.3, -0.25) is 4.90 Å². The molecule has 0 aromatic heterocycles. The Balaban J connectivity index is 2.10. The molecule has 0 saturated carbocycles. The Kier molecular flexibility index (Phi) is 4.81. The van der Waals surface area contributed by atoms with Crippen LogP contribution in [0.15, 0.2) is 0 Å².